The lowest BCUT2D eigenvalue weighted by Crippen LogP contribution is -2.53. The van der Waals surface area contributed by atoms with Crippen LogP contribution in [0.2, 0.25) is 0 Å². The van der Waals surface area contributed by atoms with Crippen LogP contribution in [0.4, 0.5) is 0 Å². The van der Waals surface area contributed by atoms with Crippen LogP contribution < -0.4 is 20.5 Å². The lowest BCUT2D eigenvalue weighted by atomic mass is 9.95. The van der Waals surface area contributed by atoms with Crippen LogP contribution in [0.3, 0.4) is 0 Å². The molecule has 0 bridgehead atoms. The number of benzene rings is 1. The molecule has 3 N–H and O–H groups in total. The van der Waals surface area contributed by atoms with E-state index in [-0.39, 0.29) is 18.2 Å². The molecule has 19 heavy (non-hydrogen) atoms. The van der Waals surface area contributed by atoms with Crippen molar-refractivity contribution in [3.05, 3.63) is 23.8 Å². The van der Waals surface area contributed by atoms with Gasteiger partial charge in [-0.2, -0.15) is 0 Å². The molecule has 1 atom stereocenters. The zero-order valence-corrected chi connectivity index (χ0v) is 10.9. The minimum Gasteiger partial charge on any atom is -0.454 e. The normalized spacial score (nSPS) is 19.9. The van der Waals surface area contributed by atoms with E-state index in [1.165, 1.54) is 0 Å². The van der Waals surface area contributed by atoms with Gasteiger partial charge in [-0.25, -0.2) is 0 Å². The summed E-state index contributed by atoms with van der Waals surface area (Å²) in [6.07, 6.45) is 2.27. The predicted molar refractivity (Wildman–Crippen MR) is 70.2 cm³/mol. The van der Waals surface area contributed by atoms with E-state index in [0.29, 0.717) is 29.5 Å². The maximum atomic E-state index is 12.3. The summed E-state index contributed by atoms with van der Waals surface area (Å²) in [6, 6.07) is 5.21. The van der Waals surface area contributed by atoms with Crippen molar-refractivity contribution in [3.63, 3.8) is 0 Å². The Hall–Kier alpha value is -1.75. The van der Waals surface area contributed by atoms with Crippen LogP contribution in [0.15, 0.2) is 18.2 Å². The lowest BCUT2D eigenvalue weighted by Gasteiger charge is -2.29. The Kier molecular flexibility index (Phi) is 2.86. The van der Waals surface area contributed by atoms with Crippen LogP contribution in [-0.2, 0) is 0 Å². The van der Waals surface area contributed by atoms with Crippen molar-refractivity contribution >= 4 is 5.91 Å². The minimum atomic E-state index is -0.312. The second-order valence-electron chi connectivity index (χ2n) is 5.42. The first-order valence-corrected chi connectivity index (χ1v) is 6.54. The van der Waals surface area contributed by atoms with Crippen LogP contribution in [0.5, 0.6) is 11.5 Å². The molecule has 1 saturated carbocycles. The summed E-state index contributed by atoms with van der Waals surface area (Å²) in [5, 5.41) is 3.05. The fraction of sp³-hybridized carbons (Fsp3) is 0.500. The first-order chi connectivity index (χ1) is 9.12. The topological polar surface area (TPSA) is 73.6 Å². The van der Waals surface area contributed by atoms with Gasteiger partial charge in [-0.3, -0.25) is 4.79 Å². The number of fused-ring (bicyclic) bond motifs is 1. The Balaban J connectivity index is 1.76. The largest absolute Gasteiger partial charge is 0.454 e. The Labute approximate surface area is 112 Å². The van der Waals surface area contributed by atoms with Gasteiger partial charge < -0.3 is 20.5 Å². The Morgan fingerprint density at radius 2 is 2.16 bits per heavy atom. The molecule has 1 amide bonds. The molecule has 0 spiro atoms. The van der Waals surface area contributed by atoms with Crippen LogP contribution in [0, 0.1) is 5.92 Å². The van der Waals surface area contributed by atoms with E-state index in [0.717, 1.165) is 12.8 Å². The molecule has 0 aromatic heterocycles. The number of carbonyl (C=O) groups is 1. The Bertz CT molecular complexity index is 513. The molecule has 1 aromatic rings. The van der Waals surface area contributed by atoms with Gasteiger partial charge in [0.15, 0.2) is 11.5 Å². The molecule has 2 aliphatic rings. The Morgan fingerprint density at radius 1 is 1.42 bits per heavy atom. The number of carbonyl (C=O) groups excluding carboxylic acids is 1. The van der Waals surface area contributed by atoms with Gasteiger partial charge >= 0.3 is 0 Å². The summed E-state index contributed by atoms with van der Waals surface area (Å²) in [5.74, 6) is 1.68. The van der Waals surface area contributed by atoms with Crippen molar-refractivity contribution in [2.45, 2.75) is 25.3 Å². The molecule has 1 unspecified atom stereocenters. The SMILES string of the molecule is CC(CN)(NC(=O)c1ccc2c(c1)OCO2)C1CC1. The van der Waals surface area contributed by atoms with E-state index in [4.69, 9.17) is 15.2 Å². The van der Waals surface area contributed by atoms with Crippen molar-refractivity contribution in [2.24, 2.45) is 11.7 Å². The van der Waals surface area contributed by atoms with E-state index in [2.05, 4.69) is 5.32 Å². The number of hydrogen-bond acceptors (Lipinski definition) is 4. The monoisotopic (exact) mass is 262 g/mol. The third-order valence-electron chi connectivity index (χ3n) is 3.94. The van der Waals surface area contributed by atoms with Crippen molar-refractivity contribution in [1.29, 1.82) is 0 Å². The van der Waals surface area contributed by atoms with E-state index >= 15 is 0 Å². The molecule has 1 heterocycles. The highest BCUT2D eigenvalue weighted by Gasteiger charge is 2.41. The summed E-state index contributed by atoms with van der Waals surface area (Å²) in [4.78, 5) is 12.3. The number of nitrogens with two attached hydrogens (primary N) is 1. The van der Waals surface area contributed by atoms with Gasteiger partial charge in [0.1, 0.15) is 0 Å². The first kappa shape index (κ1) is 12.3. The van der Waals surface area contributed by atoms with Crippen LogP contribution in [0.25, 0.3) is 0 Å². The standard InChI is InChI=1S/C14H18N2O3/c1-14(7-15,10-3-4-10)16-13(17)9-2-5-11-12(6-9)19-8-18-11/h2,5-6,10H,3-4,7-8,15H2,1H3,(H,16,17). The molecule has 1 aliphatic carbocycles. The number of rotatable bonds is 4. The maximum absolute atomic E-state index is 12.3. The molecule has 5 nitrogen and oxygen atoms in total. The summed E-state index contributed by atoms with van der Waals surface area (Å²) in [7, 11) is 0. The van der Waals surface area contributed by atoms with Crippen LogP contribution in [-0.4, -0.2) is 24.8 Å². The third-order valence-corrected chi connectivity index (χ3v) is 3.94. The highest BCUT2D eigenvalue weighted by atomic mass is 16.7. The quantitative estimate of drug-likeness (QED) is 0.857. The maximum Gasteiger partial charge on any atom is 0.251 e. The molecule has 0 saturated heterocycles. The summed E-state index contributed by atoms with van der Waals surface area (Å²) in [5.41, 5.74) is 6.07. The predicted octanol–water partition coefficient (Wildman–Crippen LogP) is 1.27. The van der Waals surface area contributed by atoms with E-state index < -0.39 is 0 Å². The number of ether oxygens (including phenoxy) is 2. The van der Waals surface area contributed by atoms with Crippen molar-refractivity contribution in [1.82, 2.24) is 5.32 Å². The number of amides is 1. The van der Waals surface area contributed by atoms with E-state index in [9.17, 15) is 4.79 Å². The van der Waals surface area contributed by atoms with Crippen LogP contribution in [0.1, 0.15) is 30.1 Å². The molecular weight excluding hydrogens is 244 g/mol. The zero-order valence-electron chi connectivity index (χ0n) is 10.9. The highest BCUT2D eigenvalue weighted by molar-refractivity contribution is 5.95. The van der Waals surface area contributed by atoms with Gasteiger partial charge in [0.25, 0.3) is 5.91 Å². The summed E-state index contributed by atoms with van der Waals surface area (Å²) >= 11 is 0. The number of nitrogens with one attached hydrogen (secondary N) is 1. The first-order valence-electron chi connectivity index (χ1n) is 6.54. The van der Waals surface area contributed by atoms with Crippen molar-refractivity contribution in [2.75, 3.05) is 13.3 Å². The fourth-order valence-corrected chi connectivity index (χ4v) is 2.41. The second kappa shape index (κ2) is 4.42. The Morgan fingerprint density at radius 3 is 2.84 bits per heavy atom. The second-order valence-corrected chi connectivity index (χ2v) is 5.42. The summed E-state index contributed by atoms with van der Waals surface area (Å²) in [6.45, 7) is 2.67. The molecule has 1 fully saturated rings. The zero-order chi connectivity index (χ0) is 13.5. The highest BCUT2D eigenvalue weighted by Crippen LogP contribution is 2.39. The van der Waals surface area contributed by atoms with E-state index in [1.54, 1.807) is 18.2 Å². The summed E-state index contributed by atoms with van der Waals surface area (Å²) < 4.78 is 10.5. The smallest absolute Gasteiger partial charge is 0.251 e. The molecule has 102 valence electrons. The third kappa shape index (κ3) is 2.26. The molecule has 1 aromatic carbocycles. The molecule has 3 rings (SSSR count). The van der Waals surface area contributed by atoms with Gasteiger partial charge in [0, 0.05) is 12.1 Å². The lowest BCUT2D eigenvalue weighted by molar-refractivity contribution is 0.0897. The minimum absolute atomic E-state index is 0.113. The molecule has 1 aliphatic heterocycles. The average Bonchev–Trinajstić information content (AvgIpc) is 3.17. The van der Waals surface area contributed by atoms with Crippen molar-refractivity contribution < 1.29 is 14.3 Å². The molecule has 0 radical (unpaired) electrons. The van der Waals surface area contributed by atoms with Gasteiger partial charge in [-0.05, 0) is 43.9 Å². The molecule has 5 heteroatoms. The van der Waals surface area contributed by atoms with E-state index in [1.807, 2.05) is 6.92 Å². The van der Waals surface area contributed by atoms with Crippen molar-refractivity contribution in [3.8, 4) is 11.5 Å². The number of hydrogen-bond donors (Lipinski definition) is 2. The van der Waals surface area contributed by atoms with Gasteiger partial charge in [-0.1, -0.05) is 0 Å². The van der Waals surface area contributed by atoms with Gasteiger partial charge in [0.2, 0.25) is 6.79 Å². The van der Waals surface area contributed by atoms with Gasteiger partial charge in [0.05, 0.1) is 5.54 Å². The van der Waals surface area contributed by atoms with Gasteiger partial charge in [-0.15, -0.1) is 0 Å². The molecular formula is C14H18N2O3. The average molecular weight is 262 g/mol. The fourth-order valence-electron chi connectivity index (χ4n) is 2.41. The van der Waals surface area contributed by atoms with Crippen LogP contribution >= 0.6 is 0 Å².